The molecule has 0 radical (unpaired) electrons. The predicted octanol–water partition coefficient (Wildman–Crippen LogP) is 2.24. The summed E-state index contributed by atoms with van der Waals surface area (Å²) in [5.41, 5.74) is 0.734. The van der Waals surface area contributed by atoms with Gasteiger partial charge in [-0.15, -0.1) is 0 Å². The first kappa shape index (κ1) is 16.2. The zero-order valence-electron chi connectivity index (χ0n) is 12.3. The molecule has 1 atom stereocenters. The van der Waals surface area contributed by atoms with Crippen LogP contribution in [-0.4, -0.2) is 31.3 Å². The Kier molecular flexibility index (Phi) is 5.27. The largest absolute Gasteiger partial charge is 0.487 e. The minimum atomic E-state index is -0.479. The number of halogens is 1. The first-order valence-electron chi connectivity index (χ1n) is 6.87. The maximum absolute atomic E-state index is 12.0. The fourth-order valence-electron chi connectivity index (χ4n) is 2.11. The highest BCUT2D eigenvalue weighted by atomic mass is 35.5. The van der Waals surface area contributed by atoms with Gasteiger partial charge in [-0.2, -0.15) is 0 Å². The number of carbonyl (C=O) groups excluding carboxylic acids is 2. The molecule has 1 aromatic carbocycles. The lowest BCUT2D eigenvalue weighted by Crippen LogP contribution is -2.50. The molecule has 0 saturated heterocycles. The monoisotopic (exact) mass is 324 g/mol. The van der Waals surface area contributed by atoms with E-state index in [2.05, 4.69) is 10.6 Å². The van der Waals surface area contributed by atoms with Gasteiger partial charge < -0.3 is 20.1 Å². The average Bonchev–Trinajstić information content (AvgIpc) is 2.44. The normalized spacial score (nSPS) is 17.6. The third kappa shape index (κ3) is 3.92. The Morgan fingerprint density at radius 3 is 2.86 bits per heavy atom. The molecule has 1 aliphatic rings. The van der Waals surface area contributed by atoms with Crippen LogP contribution in [0, 0.1) is 0 Å². The number of urea groups is 1. The molecule has 118 valence electrons. The molecule has 0 bridgehead atoms. The molecule has 2 N–H and O–H groups in total. The lowest BCUT2D eigenvalue weighted by Gasteiger charge is -2.26. The molecule has 0 saturated carbocycles. The van der Waals surface area contributed by atoms with Gasteiger partial charge in [0.05, 0.1) is 23.9 Å². The number of hydrogen-bond acceptors (Lipinski definition) is 4. The fraction of sp³-hybridized carbons (Fsp3) is 0.333. The highest BCUT2D eigenvalue weighted by molar-refractivity contribution is 6.30. The highest BCUT2D eigenvalue weighted by Crippen LogP contribution is 2.19. The van der Waals surface area contributed by atoms with Crippen molar-refractivity contribution in [1.29, 1.82) is 0 Å². The van der Waals surface area contributed by atoms with Gasteiger partial charge in [-0.1, -0.05) is 17.7 Å². The van der Waals surface area contributed by atoms with Gasteiger partial charge in [-0.05, 0) is 32.0 Å². The van der Waals surface area contributed by atoms with Crippen LogP contribution in [0.25, 0.3) is 0 Å². The summed E-state index contributed by atoms with van der Waals surface area (Å²) >= 11 is 5.89. The molecule has 1 aromatic rings. The van der Waals surface area contributed by atoms with Gasteiger partial charge in [0.15, 0.2) is 0 Å². The molecule has 22 heavy (non-hydrogen) atoms. The van der Waals surface area contributed by atoms with Gasteiger partial charge in [-0.25, -0.2) is 9.59 Å². The number of benzene rings is 1. The number of amides is 2. The molecule has 2 amide bonds. The van der Waals surface area contributed by atoms with Crippen LogP contribution in [0.15, 0.2) is 35.5 Å². The number of esters is 1. The summed E-state index contributed by atoms with van der Waals surface area (Å²) in [6.45, 7) is 3.72. The quantitative estimate of drug-likeness (QED) is 0.814. The molecule has 0 fully saturated rings. The summed E-state index contributed by atoms with van der Waals surface area (Å²) in [7, 11) is 0. The lowest BCUT2D eigenvalue weighted by molar-refractivity contribution is -0.139. The lowest BCUT2D eigenvalue weighted by atomic mass is 10.0. The van der Waals surface area contributed by atoms with Crippen molar-refractivity contribution in [3.05, 3.63) is 40.6 Å². The Labute approximate surface area is 133 Å². The van der Waals surface area contributed by atoms with E-state index in [4.69, 9.17) is 21.1 Å². The van der Waals surface area contributed by atoms with Gasteiger partial charge in [0.25, 0.3) is 0 Å². The minimum absolute atomic E-state index is 0.0340. The zero-order valence-corrected chi connectivity index (χ0v) is 13.1. The molecule has 1 aliphatic heterocycles. The minimum Gasteiger partial charge on any atom is -0.487 e. The van der Waals surface area contributed by atoms with Crippen LogP contribution >= 0.6 is 11.6 Å². The summed E-state index contributed by atoms with van der Waals surface area (Å²) in [4.78, 5) is 23.6. The molecular formula is C15H17ClN2O4. The van der Waals surface area contributed by atoms with E-state index >= 15 is 0 Å². The van der Waals surface area contributed by atoms with Gasteiger partial charge in [-0.3, -0.25) is 0 Å². The summed E-state index contributed by atoms with van der Waals surface area (Å²) in [6, 6.07) is 6.03. The van der Waals surface area contributed by atoms with Crippen LogP contribution in [0.4, 0.5) is 4.79 Å². The topological polar surface area (TPSA) is 76.7 Å². The van der Waals surface area contributed by atoms with Crippen molar-refractivity contribution in [1.82, 2.24) is 10.6 Å². The van der Waals surface area contributed by atoms with Crippen molar-refractivity contribution in [2.24, 2.45) is 0 Å². The smallest absolute Gasteiger partial charge is 0.338 e. The Balaban J connectivity index is 2.20. The second-order valence-corrected chi connectivity index (χ2v) is 5.12. The summed E-state index contributed by atoms with van der Waals surface area (Å²) in [6.07, 6.45) is 0. The standard InChI is InChI=1S/C15H17ClN2O4/c1-3-21-14(19)13-9(2)17-15(20)18-12(13)8-22-11-6-4-5-10(16)7-11/h4-7,9H,3,8H2,1-2H3,(H2,17,18,20)/t9-/m1/s1. The van der Waals surface area contributed by atoms with E-state index in [9.17, 15) is 9.59 Å². The first-order chi connectivity index (χ1) is 10.5. The van der Waals surface area contributed by atoms with E-state index in [0.29, 0.717) is 22.0 Å². The van der Waals surface area contributed by atoms with Gasteiger partial charge in [0, 0.05) is 5.02 Å². The van der Waals surface area contributed by atoms with E-state index in [0.717, 1.165) is 0 Å². The van der Waals surface area contributed by atoms with Crippen molar-refractivity contribution < 1.29 is 19.1 Å². The van der Waals surface area contributed by atoms with Crippen LogP contribution in [0.2, 0.25) is 5.02 Å². The van der Waals surface area contributed by atoms with Crippen LogP contribution in [0.5, 0.6) is 5.75 Å². The molecule has 6 nitrogen and oxygen atoms in total. The van der Waals surface area contributed by atoms with E-state index in [-0.39, 0.29) is 19.2 Å². The molecule has 0 aromatic heterocycles. The van der Waals surface area contributed by atoms with Crippen LogP contribution in [0.1, 0.15) is 13.8 Å². The number of ether oxygens (including phenoxy) is 2. The third-order valence-electron chi connectivity index (χ3n) is 3.04. The van der Waals surface area contributed by atoms with Crippen molar-refractivity contribution in [2.75, 3.05) is 13.2 Å². The highest BCUT2D eigenvalue weighted by Gasteiger charge is 2.29. The summed E-state index contributed by atoms with van der Waals surface area (Å²) < 4.78 is 10.6. The van der Waals surface area contributed by atoms with Gasteiger partial charge in [0.1, 0.15) is 12.4 Å². The van der Waals surface area contributed by atoms with Crippen molar-refractivity contribution in [2.45, 2.75) is 19.9 Å². The Morgan fingerprint density at radius 2 is 2.18 bits per heavy atom. The van der Waals surface area contributed by atoms with E-state index in [1.54, 1.807) is 38.1 Å². The Hall–Kier alpha value is -2.21. The van der Waals surface area contributed by atoms with Crippen molar-refractivity contribution >= 4 is 23.6 Å². The zero-order chi connectivity index (χ0) is 16.1. The number of hydrogen-bond donors (Lipinski definition) is 2. The van der Waals surface area contributed by atoms with Crippen LogP contribution < -0.4 is 15.4 Å². The molecular weight excluding hydrogens is 308 g/mol. The predicted molar refractivity (Wildman–Crippen MR) is 81.7 cm³/mol. The maximum atomic E-state index is 12.0. The second-order valence-electron chi connectivity index (χ2n) is 4.68. The average molecular weight is 325 g/mol. The van der Waals surface area contributed by atoms with Crippen molar-refractivity contribution in [3.63, 3.8) is 0 Å². The van der Waals surface area contributed by atoms with Gasteiger partial charge >= 0.3 is 12.0 Å². The number of nitrogens with one attached hydrogen (secondary N) is 2. The Bertz CT molecular complexity index is 615. The molecule has 0 spiro atoms. The molecule has 2 rings (SSSR count). The maximum Gasteiger partial charge on any atom is 0.338 e. The third-order valence-corrected chi connectivity index (χ3v) is 3.28. The molecule has 0 aliphatic carbocycles. The van der Waals surface area contributed by atoms with E-state index in [1.165, 1.54) is 0 Å². The SMILES string of the molecule is CCOC(=O)C1=C(COc2cccc(Cl)c2)NC(=O)N[C@@H]1C. The van der Waals surface area contributed by atoms with E-state index in [1.807, 2.05) is 0 Å². The van der Waals surface area contributed by atoms with Crippen molar-refractivity contribution in [3.8, 4) is 5.75 Å². The van der Waals surface area contributed by atoms with Crippen LogP contribution in [0.3, 0.4) is 0 Å². The molecule has 7 heteroatoms. The second kappa shape index (κ2) is 7.17. The molecule has 1 heterocycles. The first-order valence-corrected chi connectivity index (χ1v) is 7.25. The molecule has 0 unspecified atom stereocenters. The number of carbonyl (C=O) groups is 2. The fourth-order valence-corrected chi connectivity index (χ4v) is 2.29. The van der Waals surface area contributed by atoms with Crippen LogP contribution in [-0.2, 0) is 9.53 Å². The summed E-state index contributed by atoms with van der Waals surface area (Å²) in [5.74, 6) is 0.0656. The van der Waals surface area contributed by atoms with E-state index < -0.39 is 12.0 Å². The number of rotatable bonds is 5. The Morgan fingerprint density at radius 1 is 1.41 bits per heavy atom. The van der Waals surface area contributed by atoms with Gasteiger partial charge in [0.2, 0.25) is 0 Å². The summed E-state index contributed by atoms with van der Waals surface area (Å²) in [5, 5.41) is 5.75.